The molecule has 0 aliphatic carbocycles. The van der Waals surface area contributed by atoms with Crippen molar-refractivity contribution in [3.8, 4) is 17.6 Å². The Morgan fingerprint density at radius 1 is 1.36 bits per heavy atom. The molecule has 1 aromatic heterocycles. The van der Waals surface area contributed by atoms with Crippen molar-refractivity contribution < 1.29 is 9.47 Å². The third-order valence-corrected chi connectivity index (χ3v) is 5.27. The highest BCUT2D eigenvalue weighted by Crippen LogP contribution is 2.36. The Bertz CT molecular complexity index is 1080. The van der Waals surface area contributed by atoms with Crippen LogP contribution in [-0.4, -0.2) is 23.2 Å². The molecule has 2 aromatic carbocycles. The first-order chi connectivity index (χ1) is 13.4. The van der Waals surface area contributed by atoms with Crippen LogP contribution < -0.4 is 9.47 Å². The molecule has 0 saturated carbocycles. The van der Waals surface area contributed by atoms with Crippen molar-refractivity contribution in [1.82, 2.24) is 9.97 Å². The lowest BCUT2D eigenvalue weighted by atomic mass is 10.1. The standard InChI is InChI=1S/C22H22IN3O2/c1-5-14(3)28-21-17(23)10-15(11-20(21)27-4)9-16(12-24)22-25-18-7-6-13(2)8-19(18)26-22/h6-11,14H,5H2,1-4H3,(H,25,26)/b16-9-/t14-/m0/s1. The number of rotatable bonds is 6. The van der Waals surface area contributed by atoms with Gasteiger partial charge >= 0.3 is 0 Å². The van der Waals surface area contributed by atoms with Gasteiger partial charge in [0, 0.05) is 0 Å². The molecule has 1 N–H and O–H groups in total. The van der Waals surface area contributed by atoms with E-state index in [1.807, 2.05) is 50.3 Å². The van der Waals surface area contributed by atoms with Gasteiger partial charge in [0.05, 0.1) is 33.4 Å². The number of allylic oxidation sites excluding steroid dienone is 1. The Morgan fingerprint density at radius 3 is 2.82 bits per heavy atom. The van der Waals surface area contributed by atoms with Crippen molar-refractivity contribution in [3.05, 3.63) is 50.9 Å². The van der Waals surface area contributed by atoms with Crippen molar-refractivity contribution >= 4 is 45.3 Å². The lowest BCUT2D eigenvalue weighted by molar-refractivity contribution is 0.206. The smallest absolute Gasteiger partial charge is 0.174 e. The van der Waals surface area contributed by atoms with Crippen molar-refractivity contribution in [2.24, 2.45) is 0 Å². The number of hydrogen-bond donors (Lipinski definition) is 1. The number of aromatic amines is 1. The van der Waals surface area contributed by atoms with Gasteiger partial charge in [-0.15, -0.1) is 0 Å². The van der Waals surface area contributed by atoms with Crippen LogP contribution in [0.5, 0.6) is 11.5 Å². The van der Waals surface area contributed by atoms with E-state index in [1.54, 1.807) is 7.11 Å². The number of nitrogens with zero attached hydrogens (tertiary/aromatic N) is 2. The van der Waals surface area contributed by atoms with E-state index in [9.17, 15) is 5.26 Å². The van der Waals surface area contributed by atoms with Crippen LogP contribution >= 0.6 is 22.6 Å². The summed E-state index contributed by atoms with van der Waals surface area (Å²) >= 11 is 2.23. The van der Waals surface area contributed by atoms with E-state index in [1.165, 1.54) is 0 Å². The maximum atomic E-state index is 9.69. The Morgan fingerprint density at radius 2 is 2.14 bits per heavy atom. The topological polar surface area (TPSA) is 70.9 Å². The second-order valence-corrected chi connectivity index (χ2v) is 7.81. The number of nitriles is 1. The van der Waals surface area contributed by atoms with Gasteiger partial charge in [0.1, 0.15) is 11.9 Å². The van der Waals surface area contributed by atoms with Crippen molar-refractivity contribution in [2.45, 2.75) is 33.3 Å². The lowest BCUT2D eigenvalue weighted by Crippen LogP contribution is -2.11. The highest BCUT2D eigenvalue weighted by atomic mass is 127. The summed E-state index contributed by atoms with van der Waals surface area (Å²) in [5.74, 6) is 1.93. The summed E-state index contributed by atoms with van der Waals surface area (Å²) in [6.45, 7) is 6.13. The Kier molecular flexibility index (Phi) is 6.25. The number of hydrogen-bond acceptors (Lipinski definition) is 4. The van der Waals surface area contributed by atoms with Crippen LogP contribution in [0.15, 0.2) is 30.3 Å². The zero-order valence-corrected chi connectivity index (χ0v) is 18.5. The molecule has 0 unspecified atom stereocenters. The minimum Gasteiger partial charge on any atom is -0.493 e. The molecule has 0 bridgehead atoms. The number of halogens is 1. The molecule has 6 heteroatoms. The molecule has 3 rings (SSSR count). The van der Waals surface area contributed by atoms with E-state index in [2.05, 4.69) is 45.6 Å². The average Bonchev–Trinajstić information content (AvgIpc) is 3.10. The Balaban J connectivity index is 2.02. The second kappa shape index (κ2) is 8.65. The first kappa shape index (κ1) is 20.2. The Hall–Kier alpha value is -2.53. The fourth-order valence-corrected chi connectivity index (χ4v) is 3.55. The van der Waals surface area contributed by atoms with E-state index < -0.39 is 0 Å². The zero-order chi connectivity index (χ0) is 20.3. The van der Waals surface area contributed by atoms with Crippen LogP contribution in [0.25, 0.3) is 22.7 Å². The van der Waals surface area contributed by atoms with Gasteiger partial charge in [0.2, 0.25) is 0 Å². The van der Waals surface area contributed by atoms with Gasteiger partial charge in [0.15, 0.2) is 11.5 Å². The maximum Gasteiger partial charge on any atom is 0.174 e. The van der Waals surface area contributed by atoms with Crippen LogP contribution in [0.4, 0.5) is 0 Å². The number of aryl methyl sites for hydroxylation is 1. The van der Waals surface area contributed by atoms with Crippen molar-refractivity contribution in [1.29, 1.82) is 5.26 Å². The van der Waals surface area contributed by atoms with Crippen LogP contribution in [-0.2, 0) is 0 Å². The first-order valence-corrected chi connectivity index (χ1v) is 10.2. The second-order valence-electron chi connectivity index (χ2n) is 6.65. The van der Waals surface area contributed by atoms with Gasteiger partial charge < -0.3 is 14.5 Å². The zero-order valence-electron chi connectivity index (χ0n) is 16.3. The predicted octanol–water partition coefficient (Wildman–Crippen LogP) is 5.73. The molecule has 0 spiro atoms. The number of imidazole rings is 1. The number of ether oxygens (including phenoxy) is 2. The normalized spacial score (nSPS) is 12.6. The molecule has 1 atom stereocenters. The summed E-state index contributed by atoms with van der Waals surface area (Å²) in [4.78, 5) is 7.79. The molecule has 0 saturated heterocycles. The van der Waals surface area contributed by atoms with Gasteiger partial charge in [-0.1, -0.05) is 13.0 Å². The number of nitrogens with one attached hydrogen (secondary N) is 1. The summed E-state index contributed by atoms with van der Waals surface area (Å²) in [7, 11) is 1.62. The molecule has 0 aliphatic rings. The highest BCUT2D eigenvalue weighted by molar-refractivity contribution is 14.1. The van der Waals surface area contributed by atoms with E-state index in [-0.39, 0.29) is 6.10 Å². The monoisotopic (exact) mass is 487 g/mol. The number of fused-ring (bicyclic) bond motifs is 1. The SMILES string of the molecule is CC[C@H](C)Oc1c(I)cc(/C=C(/C#N)c2nc3ccc(C)cc3[nH]2)cc1OC. The Labute approximate surface area is 178 Å². The molecule has 0 fully saturated rings. The van der Waals surface area contributed by atoms with E-state index in [0.29, 0.717) is 17.1 Å². The molecule has 1 heterocycles. The summed E-state index contributed by atoms with van der Waals surface area (Å²) in [5, 5.41) is 9.69. The molecule has 0 radical (unpaired) electrons. The minimum atomic E-state index is 0.0949. The third-order valence-electron chi connectivity index (χ3n) is 4.47. The lowest BCUT2D eigenvalue weighted by Gasteiger charge is -2.17. The highest BCUT2D eigenvalue weighted by Gasteiger charge is 2.15. The van der Waals surface area contributed by atoms with Crippen LogP contribution in [0.3, 0.4) is 0 Å². The van der Waals surface area contributed by atoms with E-state index >= 15 is 0 Å². The molecular formula is C22H22IN3O2. The van der Waals surface area contributed by atoms with Gasteiger partial charge in [-0.25, -0.2) is 4.98 Å². The fraction of sp³-hybridized carbons (Fsp3) is 0.273. The molecule has 0 aliphatic heterocycles. The number of aromatic nitrogens is 2. The van der Waals surface area contributed by atoms with Gasteiger partial charge in [0.25, 0.3) is 0 Å². The van der Waals surface area contributed by atoms with Crippen LogP contribution in [0, 0.1) is 21.8 Å². The first-order valence-electron chi connectivity index (χ1n) is 9.07. The molecule has 5 nitrogen and oxygen atoms in total. The van der Waals surface area contributed by atoms with Gasteiger partial charge in [-0.2, -0.15) is 5.26 Å². The maximum absolute atomic E-state index is 9.69. The van der Waals surface area contributed by atoms with E-state index in [0.717, 1.165) is 37.9 Å². The van der Waals surface area contributed by atoms with Gasteiger partial charge in [-0.3, -0.25) is 0 Å². The number of methoxy groups -OCH3 is 1. The number of H-pyrrole nitrogens is 1. The fourth-order valence-electron chi connectivity index (χ4n) is 2.79. The summed E-state index contributed by atoms with van der Waals surface area (Å²) in [6.07, 6.45) is 2.81. The summed E-state index contributed by atoms with van der Waals surface area (Å²) in [5.41, 5.74) is 4.21. The molecular weight excluding hydrogens is 465 g/mol. The van der Waals surface area contributed by atoms with Gasteiger partial charge in [-0.05, 0) is 84.3 Å². The predicted molar refractivity (Wildman–Crippen MR) is 120 cm³/mol. The minimum absolute atomic E-state index is 0.0949. The number of benzene rings is 2. The molecule has 0 amide bonds. The molecule has 28 heavy (non-hydrogen) atoms. The molecule has 3 aromatic rings. The van der Waals surface area contributed by atoms with Crippen LogP contribution in [0.1, 0.15) is 37.2 Å². The van der Waals surface area contributed by atoms with Crippen molar-refractivity contribution in [2.75, 3.05) is 7.11 Å². The summed E-state index contributed by atoms with van der Waals surface area (Å²) in [6, 6.07) is 12.1. The molecule has 144 valence electrons. The third kappa shape index (κ3) is 4.30. The van der Waals surface area contributed by atoms with Crippen molar-refractivity contribution in [3.63, 3.8) is 0 Å². The average molecular weight is 487 g/mol. The van der Waals surface area contributed by atoms with Crippen LogP contribution in [0.2, 0.25) is 0 Å². The quantitative estimate of drug-likeness (QED) is 0.356. The largest absolute Gasteiger partial charge is 0.493 e. The van der Waals surface area contributed by atoms with E-state index in [4.69, 9.17) is 9.47 Å². The summed E-state index contributed by atoms with van der Waals surface area (Å²) < 4.78 is 12.5.